The molecular formula is C23H22NNaO12. The van der Waals surface area contributed by atoms with Crippen LogP contribution in [0.25, 0.3) is 0 Å². The molecule has 1 N–H and O–H groups in total. The van der Waals surface area contributed by atoms with Crippen LogP contribution in [0.15, 0.2) is 71.9 Å². The molecule has 14 heteroatoms. The van der Waals surface area contributed by atoms with Gasteiger partial charge >= 0.3 is 41.5 Å². The molecule has 0 radical (unpaired) electrons. The van der Waals surface area contributed by atoms with E-state index >= 15 is 0 Å². The number of carbonyl (C=O) groups excluding carboxylic acids is 3. The van der Waals surface area contributed by atoms with Crippen LogP contribution in [0, 0.1) is 16.0 Å². The minimum atomic E-state index is -0.598. The molecule has 5 rings (SSSR count). The van der Waals surface area contributed by atoms with Crippen molar-refractivity contribution in [2.24, 2.45) is 5.92 Å². The maximum atomic E-state index is 11.1. The summed E-state index contributed by atoms with van der Waals surface area (Å²) in [6, 6.07) is 8.67. The van der Waals surface area contributed by atoms with Crippen LogP contribution in [0.1, 0.15) is 12.2 Å². The van der Waals surface area contributed by atoms with E-state index in [0.717, 1.165) is 12.5 Å². The van der Waals surface area contributed by atoms with E-state index in [2.05, 4.69) is 11.5 Å². The van der Waals surface area contributed by atoms with Gasteiger partial charge in [0.25, 0.3) is 12.2 Å². The Morgan fingerprint density at radius 2 is 1.97 bits per heavy atom. The number of aliphatic hydroxyl groups excluding tert-OH is 1. The average molecular weight is 527 g/mol. The van der Waals surface area contributed by atoms with Crippen molar-refractivity contribution in [2.45, 2.75) is 24.7 Å². The van der Waals surface area contributed by atoms with Gasteiger partial charge in [-0.3, -0.25) is 19.7 Å². The Hall–Kier alpha value is -3.33. The van der Waals surface area contributed by atoms with Gasteiger partial charge in [0.2, 0.25) is 0 Å². The number of fused-ring (bicyclic) bond motifs is 1. The van der Waals surface area contributed by atoms with Crippen LogP contribution in [0.5, 0.6) is 5.75 Å². The number of nitro groups is 1. The Kier molecular flexibility index (Phi) is 13.5. The number of ether oxygens (including phenoxy) is 3. The Bertz CT molecular complexity index is 1070. The number of rotatable bonds is 5. The van der Waals surface area contributed by atoms with E-state index in [-0.39, 0.29) is 77.7 Å². The van der Waals surface area contributed by atoms with Crippen molar-refractivity contribution in [1.29, 1.82) is 0 Å². The van der Waals surface area contributed by atoms with Crippen molar-refractivity contribution >= 4 is 24.1 Å². The second-order valence-corrected chi connectivity index (χ2v) is 7.17. The van der Waals surface area contributed by atoms with Gasteiger partial charge in [0, 0.05) is 18.2 Å². The maximum Gasteiger partial charge on any atom is 1.00 e. The number of nitro benzene ring substituents is 1. The molecule has 3 aliphatic rings. The molecule has 37 heavy (non-hydrogen) atoms. The zero-order valence-electron chi connectivity index (χ0n) is 19.7. The summed E-state index contributed by atoms with van der Waals surface area (Å²) in [4.78, 5) is 42.8. The Morgan fingerprint density at radius 1 is 1.30 bits per heavy atom. The number of benzene rings is 1. The first-order valence-corrected chi connectivity index (χ1v) is 10.3. The van der Waals surface area contributed by atoms with Crippen LogP contribution >= 0.6 is 0 Å². The van der Waals surface area contributed by atoms with Gasteiger partial charge in [-0.25, -0.2) is 4.79 Å². The monoisotopic (exact) mass is 527 g/mol. The van der Waals surface area contributed by atoms with Crippen LogP contribution in [0.4, 0.5) is 5.69 Å². The SMILES string of the molecule is C=CC(=O)Oc1ccc([N+](=O)[O-])cc1.O=C1OC[C@]23C=C[C@H](CC12)O3.O=CO[O-].OCc1ccco1.[Na+]. The molecule has 1 aromatic heterocycles. The summed E-state index contributed by atoms with van der Waals surface area (Å²) >= 11 is 0. The molecule has 1 aromatic carbocycles. The molecule has 13 nitrogen and oxygen atoms in total. The molecule has 2 bridgehead atoms. The van der Waals surface area contributed by atoms with E-state index in [1.165, 1.54) is 30.5 Å². The van der Waals surface area contributed by atoms with Crippen LogP contribution in [0.2, 0.25) is 0 Å². The normalized spacial score (nSPS) is 21.1. The number of non-ortho nitro benzene ring substituents is 1. The Labute approximate surface area is 232 Å². The van der Waals surface area contributed by atoms with Gasteiger partial charge in [0.1, 0.15) is 30.3 Å². The molecule has 3 atom stereocenters. The Balaban J connectivity index is 0.000000265. The summed E-state index contributed by atoms with van der Waals surface area (Å²) < 4.78 is 20.0. The number of nitrogens with zero attached hydrogens (tertiary/aromatic N) is 1. The predicted molar refractivity (Wildman–Crippen MR) is 117 cm³/mol. The minimum absolute atomic E-state index is 0. The molecule has 0 saturated carbocycles. The number of furan rings is 1. The summed E-state index contributed by atoms with van der Waals surface area (Å²) in [5.41, 5.74) is -0.412. The van der Waals surface area contributed by atoms with Gasteiger partial charge in [-0.15, -0.1) is 0 Å². The topological polar surface area (TPSA) is 188 Å². The molecule has 0 amide bonds. The maximum absolute atomic E-state index is 11.1. The molecule has 2 aromatic rings. The van der Waals surface area contributed by atoms with E-state index in [1.54, 1.807) is 12.1 Å². The van der Waals surface area contributed by atoms with E-state index in [9.17, 15) is 19.7 Å². The molecule has 3 aliphatic heterocycles. The molecule has 2 saturated heterocycles. The number of hydrogen-bond donors (Lipinski definition) is 1. The predicted octanol–water partition coefficient (Wildman–Crippen LogP) is -1.85. The van der Waals surface area contributed by atoms with Crippen LogP contribution in [0.3, 0.4) is 0 Å². The van der Waals surface area contributed by atoms with Gasteiger partial charge in [-0.05, 0) is 36.8 Å². The van der Waals surface area contributed by atoms with E-state index in [1.807, 2.05) is 12.2 Å². The summed E-state index contributed by atoms with van der Waals surface area (Å²) in [6.07, 6.45) is 7.55. The van der Waals surface area contributed by atoms with Crippen molar-refractivity contribution in [1.82, 2.24) is 0 Å². The zero-order valence-corrected chi connectivity index (χ0v) is 21.7. The number of esters is 2. The number of aliphatic hydroxyl groups is 1. The van der Waals surface area contributed by atoms with Crippen molar-refractivity contribution in [3.63, 3.8) is 0 Å². The molecule has 2 fully saturated rings. The van der Waals surface area contributed by atoms with Gasteiger partial charge < -0.3 is 33.9 Å². The van der Waals surface area contributed by atoms with Crippen LogP contribution < -0.4 is 39.6 Å². The largest absolute Gasteiger partial charge is 1.00 e. The average Bonchev–Trinajstić information content (AvgIpc) is 3.69. The van der Waals surface area contributed by atoms with Crippen LogP contribution in [-0.2, 0) is 35.4 Å². The van der Waals surface area contributed by atoms with E-state index in [4.69, 9.17) is 33.8 Å². The van der Waals surface area contributed by atoms with Gasteiger partial charge in [0.05, 0.1) is 23.2 Å². The fourth-order valence-corrected chi connectivity index (χ4v) is 3.35. The van der Waals surface area contributed by atoms with Crippen molar-refractivity contribution in [2.75, 3.05) is 6.61 Å². The third-order valence-corrected chi connectivity index (χ3v) is 4.95. The second kappa shape index (κ2) is 15.7. The standard InChI is InChI=1S/C9H7NO4.C8H8O3.C5H6O2.CH2O3.Na/c1-2-9(11)14-8-5-3-7(4-6-8)10(12)13;9-7-6-3-5-1-2-8(6,11-5)4-10-7;6-4-5-2-1-3-7-5;2-1-4-3;/h2-6H,1H2;1-2,5-6H,3-4H2;1-3,6H,4H2;1,3H;/q;;;;+1/p-1/t;5-,6?,8-;;;/m.1.../s1. The first-order chi connectivity index (χ1) is 17.3. The van der Waals surface area contributed by atoms with Gasteiger partial charge in [0.15, 0.2) is 0 Å². The first-order valence-electron chi connectivity index (χ1n) is 10.3. The molecule has 0 aliphatic carbocycles. The smallest absolute Gasteiger partial charge is 0.662 e. The molecular weight excluding hydrogens is 505 g/mol. The van der Waals surface area contributed by atoms with E-state index in [0.29, 0.717) is 12.4 Å². The molecule has 1 spiro atoms. The Morgan fingerprint density at radius 3 is 2.41 bits per heavy atom. The summed E-state index contributed by atoms with van der Waals surface area (Å²) in [5.74, 6) is 0.161. The third kappa shape index (κ3) is 9.24. The fraction of sp³-hybridized carbons (Fsp3) is 0.261. The number of cyclic esters (lactones) is 1. The van der Waals surface area contributed by atoms with Gasteiger partial charge in [-0.2, -0.15) is 0 Å². The second-order valence-electron chi connectivity index (χ2n) is 7.17. The van der Waals surface area contributed by atoms with Crippen molar-refractivity contribution in [3.05, 3.63) is 83.3 Å². The zero-order chi connectivity index (χ0) is 26.6. The first kappa shape index (κ1) is 31.7. The summed E-state index contributed by atoms with van der Waals surface area (Å²) in [6.45, 7) is 3.45. The van der Waals surface area contributed by atoms with Crippen LogP contribution in [-0.4, -0.2) is 46.8 Å². The number of carbonyl (C=O) groups is 3. The summed E-state index contributed by atoms with van der Waals surface area (Å²) in [7, 11) is 0. The van der Waals surface area contributed by atoms with E-state index < -0.39 is 10.9 Å². The van der Waals surface area contributed by atoms with Crippen molar-refractivity contribution in [3.8, 4) is 5.75 Å². The fourth-order valence-electron chi connectivity index (χ4n) is 3.35. The van der Waals surface area contributed by atoms with Gasteiger partial charge in [-0.1, -0.05) is 12.7 Å². The summed E-state index contributed by atoms with van der Waals surface area (Å²) in [5, 5.41) is 27.0. The third-order valence-electron chi connectivity index (χ3n) is 4.95. The number of hydrogen-bond acceptors (Lipinski definition) is 12. The molecule has 1 unspecified atom stereocenters. The molecule has 4 heterocycles. The van der Waals surface area contributed by atoms with Crippen molar-refractivity contribution < 1.29 is 82.7 Å². The molecule has 192 valence electrons. The minimum Gasteiger partial charge on any atom is -0.662 e. The quantitative estimate of drug-likeness (QED) is 0.0527.